The predicted molar refractivity (Wildman–Crippen MR) is 110 cm³/mol. The second-order valence-corrected chi connectivity index (χ2v) is 6.82. The van der Waals surface area contributed by atoms with Crippen LogP contribution in [0.5, 0.6) is 0 Å². The van der Waals surface area contributed by atoms with E-state index in [1.54, 1.807) is 19.2 Å². The second-order valence-electron chi connectivity index (χ2n) is 6.82. The standard InChI is InChI=1S/C21H26N4O4/c1-22-21(25-10-8-16(9-11-25)20(27)28-2)23-14-15-5-3-6-17(13-15)24-19(26)18-7-4-12-29-18/h3-7,12-13,16H,8-11,14H2,1-2H3,(H,22,23)(H,24,26). The first-order valence-corrected chi connectivity index (χ1v) is 9.58. The lowest BCUT2D eigenvalue weighted by atomic mass is 9.97. The van der Waals surface area contributed by atoms with Crippen molar-refractivity contribution in [3.05, 3.63) is 54.0 Å². The van der Waals surface area contributed by atoms with Crippen LogP contribution in [0.4, 0.5) is 5.69 Å². The monoisotopic (exact) mass is 398 g/mol. The lowest BCUT2D eigenvalue weighted by Gasteiger charge is -2.33. The van der Waals surface area contributed by atoms with Crippen LogP contribution >= 0.6 is 0 Å². The van der Waals surface area contributed by atoms with Gasteiger partial charge >= 0.3 is 5.97 Å². The molecular formula is C21H26N4O4. The number of carbonyl (C=O) groups is 2. The highest BCUT2D eigenvalue weighted by atomic mass is 16.5. The molecule has 3 rings (SSSR count). The van der Waals surface area contributed by atoms with Gasteiger partial charge in [0.15, 0.2) is 11.7 Å². The molecule has 2 N–H and O–H groups in total. The molecule has 29 heavy (non-hydrogen) atoms. The largest absolute Gasteiger partial charge is 0.469 e. The summed E-state index contributed by atoms with van der Waals surface area (Å²) in [4.78, 5) is 30.3. The fourth-order valence-electron chi connectivity index (χ4n) is 3.37. The van der Waals surface area contributed by atoms with Crippen molar-refractivity contribution in [3.63, 3.8) is 0 Å². The minimum atomic E-state index is -0.288. The molecule has 2 heterocycles. The number of ether oxygens (including phenoxy) is 1. The predicted octanol–water partition coefficient (Wildman–Crippen LogP) is 2.49. The summed E-state index contributed by atoms with van der Waals surface area (Å²) in [6.07, 6.45) is 2.97. The number of guanidine groups is 1. The maximum Gasteiger partial charge on any atom is 0.308 e. The number of hydrogen-bond donors (Lipinski definition) is 2. The average Bonchev–Trinajstić information content (AvgIpc) is 3.29. The molecule has 2 aromatic rings. The summed E-state index contributed by atoms with van der Waals surface area (Å²) in [6, 6.07) is 10.9. The smallest absolute Gasteiger partial charge is 0.308 e. The number of piperidine rings is 1. The van der Waals surface area contributed by atoms with Gasteiger partial charge in [-0.25, -0.2) is 0 Å². The van der Waals surface area contributed by atoms with Gasteiger partial charge in [0.2, 0.25) is 0 Å². The van der Waals surface area contributed by atoms with E-state index in [9.17, 15) is 9.59 Å². The van der Waals surface area contributed by atoms with Crippen LogP contribution in [0.3, 0.4) is 0 Å². The molecule has 1 aliphatic heterocycles. The van der Waals surface area contributed by atoms with Gasteiger partial charge in [-0.15, -0.1) is 0 Å². The number of hydrogen-bond acceptors (Lipinski definition) is 5. The Kier molecular flexibility index (Phi) is 6.89. The number of furan rings is 1. The van der Waals surface area contributed by atoms with Gasteiger partial charge in [-0.2, -0.15) is 0 Å². The van der Waals surface area contributed by atoms with Crippen LogP contribution in [0, 0.1) is 5.92 Å². The molecule has 0 aliphatic carbocycles. The van der Waals surface area contributed by atoms with E-state index < -0.39 is 0 Å². The molecule has 0 atom stereocenters. The van der Waals surface area contributed by atoms with Crippen molar-refractivity contribution in [2.45, 2.75) is 19.4 Å². The summed E-state index contributed by atoms with van der Waals surface area (Å²) in [7, 11) is 3.18. The normalized spacial score (nSPS) is 15.1. The maximum atomic E-state index is 12.1. The lowest BCUT2D eigenvalue weighted by molar-refractivity contribution is -0.146. The fourth-order valence-corrected chi connectivity index (χ4v) is 3.37. The van der Waals surface area contributed by atoms with Crippen molar-refractivity contribution < 1.29 is 18.7 Å². The van der Waals surface area contributed by atoms with Crippen molar-refractivity contribution >= 4 is 23.5 Å². The Hall–Kier alpha value is -3.29. The Morgan fingerprint density at radius 2 is 2.03 bits per heavy atom. The minimum Gasteiger partial charge on any atom is -0.469 e. The van der Waals surface area contributed by atoms with E-state index in [1.807, 2.05) is 24.3 Å². The molecule has 1 aliphatic rings. The molecule has 8 nitrogen and oxygen atoms in total. The third-order valence-electron chi connectivity index (χ3n) is 4.92. The summed E-state index contributed by atoms with van der Waals surface area (Å²) in [6.45, 7) is 2.06. The zero-order valence-corrected chi connectivity index (χ0v) is 16.7. The van der Waals surface area contributed by atoms with E-state index in [0.29, 0.717) is 12.2 Å². The van der Waals surface area contributed by atoms with E-state index in [1.165, 1.54) is 13.4 Å². The highest BCUT2D eigenvalue weighted by Crippen LogP contribution is 2.19. The van der Waals surface area contributed by atoms with Gasteiger partial charge in [0.05, 0.1) is 19.3 Å². The highest BCUT2D eigenvalue weighted by molar-refractivity contribution is 6.02. The van der Waals surface area contributed by atoms with Crippen LogP contribution in [-0.2, 0) is 16.1 Å². The van der Waals surface area contributed by atoms with Gasteiger partial charge in [-0.05, 0) is 42.7 Å². The molecule has 8 heteroatoms. The van der Waals surface area contributed by atoms with Gasteiger partial charge < -0.3 is 24.7 Å². The summed E-state index contributed by atoms with van der Waals surface area (Å²) in [5.41, 5.74) is 1.70. The second kappa shape index (κ2) is 9.77. The SMILES string of the molecule is CN=C(NCc1cccc(NC(=O)c2ccco2)c1)N1CCC(C(=O)OC)CC1. The number of methoxy groups -OCH3 is 1. The summed E-state index contributed by atoms with van der Waals surface area (Å²) >= 11 is 0. The Balaban J connectivity index is 1.53. The van der Waals surface area contributed by atoms with Crippen molar-refractivity contribution in [2.75, 3.05) is 32.6 Å². The number of aliphatic imine (C=N–C) groups is 1. The molecule has 154 valence electrons. The molecular weight excluding hydrogens is 372 g/mol. The maximum absolute atomic E-state index is 12.1. The summed E-state index contributed by atoms with van der Waals surface area (Å²) in [5, 5.41) is 6.18. The van der Waals surface area contributed by atoms with Gasteiger partial charge in [0.25, 0.3) is 5.91 Å². The van der Waals surface area contributed by atoms with Crippen LogP contribution in [-0.4, -0.2) is 50.0 Å². The van der Waals surface area contributed by atoms with Crippen molar-refractivity contribution in [2.24, 2.45) is 10.9 Å². The third-order valence-corrected chi connectivity index (χ3v) is 4.92. The van der Waals surface area contributed by atoms with E-state index in [2.05, 4.69) is 20.5 Å². The van der Waals surface area contributed by atoms with Crippen molar-refractivity contribution in [3.8, 4) is 0 Å². The Morgan fingerprint density at radius 3 is 2.69 bits per heavy atom. The van der Waals surface area contributed by atoms with Crippen molar-refractivity contribution in [1.82, 2.24) is 10.2 Å². The number of anilines is 1. The van der Waals surface area contributed by atoms with Gasteiger partial charge in [-0.3, -0.25) is 14.6 Å². The Morgan fingerprint density at radius 1 is 1.24 bits per heavy atom. The van der Waals surface area contributed by atoms with E-state index >= 15 is 0 Å². The van der Waals surface area contributed by atoms with Crippen LogP contribution in [0.25, 0.3) is 0 Å². The Bertz CT molecular complexity index is 855. The minimum absolute atomic E-state index is 0.0381. The first-order valence-electron chi connectivity index (χ1n) is 9.58. The topological polar surface area (TPSA) is 96.2 Å². The molecule has 1 saturated heterocycles. The fraction of sp³-hybridized carbons (Fsp3) is 0.381. The molecule has 0 bridgehead atoms. The number of carbonyl (C=O) groups excluding carboxylic acids is 2. The van der Waals surface area contributed by atoms with Crippen LogP contribution in [0.15, 0.2) is 52.1 Å². The molecule has 0 radical (unpaired) electrons. The first kappa shape index (κ1) is 20.4. The molecule has 0 unspecified atom stereocenters. The third kappa shape index (κ3) is 5.37. The number of esters is 1. The number of nitrogens with zero attached hydrogens (tertiary/aromatic N) is 2. The summed E-state index contributed by atoms with van der Waals surface area (Å²) in [5.74, 6) is 0.594. The van der Waals surface area contributed by atoms with Crippen LogP contribution in [0.2, 0.25) is 0 Å². The molecule has 0 spiro atoms. The van der Waals surface area contributed by atoms with Crippen LogP contribution < -0.4 is 10.6 Å². The molecule has 1 fully saturated rings. The average molecular weight is 398 g/mol. The summed E-state index contributed by atoms with van der Waals surface area (Å²) < 4.78 is 9.95. The zero-order chi connectivity index (χ0) is 20.6. The van der Waals surface area contributed by atoms with Crippen LogP contribution in [0.1, 0.15) is 29.0 Å². The molecule has 1 aromatic carbocycles. The molecule has 1 amide bonds. The molecule has 1 aromatic heterocycles. The van der Waals surface area contributed by atoms with E-state index in [-0.39, 0.29) is 23.6 Å². The number of amides is 1. The lowest BCUT2D eigenvalue weighted by Crippen LogP contribution is -2.46. The zero-order valence-electron chi connectivity index (χ0n) is 16.7. The quantitative estimate of drug-likeness (QED) is 0.456. The van der Waals surface area contributed by atoms with E-state index in [0.717, 1.165) is 37.5 Å². The van der Waals surface area contributed by atoms with Gasteiger partial charge in [-0.1, -0.05) is 12.1 Å². The number of nitrogens with one attached hydrogen (secondary N) is 2. The van der Waals surface area contributed by atoms with Gasteiger partial charge in [0, 0.05) is 32.4 Å². The number of benzene rings is 1. The van der Waals surface area contributed by atoms with E-state index in [4.69, 9.17) is 9.15 Å². The first-order chi connectivity index (χ1) is 14.1. The molecule has 0 saturated carbocycles. The number of likely N-dealkylation sites (tertiary alicyclic amines) is 1. The number of rotatable bonds is 5. The highest BCUT2D eigenvalue weighted by Gasteiger charge is 2.26. The Labute approximate surface area is 169 Å². The van der Waals surface area contributed by atoms with Gasteiger partial charge in [0.1, 0.15) is 0 Å². The van der Waals surface area contributed by atoms with Crippen molar-refractivity contribution in [1.29, 1.82) is 0 Å².